The van der Waals surface area contributed by atoms with E-state index in [9.17, 15) is 23.2 Å². The third kappa shape index (κ3) is 21.6. The number of hydrogen-bond acceptors (Lipinski definition) is 29. The highest BCUT2D eigenvalue weighted by atomic mass is 31.2. The molecule has 32 nitrogen and oxygen atoms in total. The van der Waals surface area contributed by atoms with E-state index in [1.807, 2.05) is 182 Å². The predicted molar refractivity (Wildman–Crippen MR) is 465 cm³/mol. The molecule has 0 aliphatic carbocycles. The smallest absolute Gasteiger partial charge is 0.328 e. The van der Waals surface area contributed by atoms with Crippen molar-refractivity contribution >= 4 is 73.7 Å². The Labute approximate surface area is 728 Å². The largest absolute Gasteiger partial charge is 0.497 e. The van der Waals surface area contributed by atoms with Gasteiger partial charge in [0.15, 0.2) is 77.1 Å². The van der Waals surface area contributed by atoms with E-state index in [1.54, 1.807) is 41.8 Å². The average Bonchev–Trinajstić information content (AvgIpc) is 1.38. The zero-order valence-corrected chi connectivity index (χ0v) is 72.1. The fourth-order valence-electron chi connectivity index (χ4n) is 14.6. The van der Waals surface area contributed by atoms with Crippen molar-refractivity contribution in [3.05, 3.63) is 313 Å². The monoisotopic (exact) mass is 1790 g/mol. The molecular formula is C89H93F3N15O17P3. The van der Waals surface area contributed by atoms with E-state index in [4.69, 9.17) is 81.7 Å². The Hall–Kier alpha value is -11.6. The van der Waals surface area contributed by atoms with Gasteiger partial charge in [-0.3, -0.25) is 27.4 Å². The maximum absolute atomic E-state index is 16.6. The van der Waals surface area contributed by atoms with Crippen molar-refractivity contribution in [1.82, 2.24) is 58.6 Å². The standard InChI is InChI=1S/C45H43FN5O6P.C26H29FN5O6P.C18H21FN5O5P/c1-53-37-25-23-33(24-26-37)27-54-41-39(46)38(29-56-58(2,52)55-28-32-15-7-3-8-16-32)57-44(41)51-31-49-40-42(47-30-48-43(40)51)50-45(34-17-9-4-10-18-34,35-19-11-5-12-20-35)36-21-13-6-14-22-36;1-34-19-10-8-18(9-11-19)12-35-23-21(27)20(14-37-39(2,33)36-13-17-6-4-3-5-7-17)38-26(23)32-16-31-22-24(28)29-15-30-25(22)32;1-30(26,27-7-11-5-3-2-4-6-11)28-8-12-13(19)15(25)18(29-12)24-10-23-14-16(20)21-9-22-17(14)24/h3-26,30-31,38-39,41,44H,27-29H2,1-2H3,(H,47,48,50);3-11,15-16,20-21,23,26H,12-14H2,1-2H3,(H2,28,29,30);2-6,9-10,12-13,15,18,25H,7-8H2,1H3,(H2,20,21,22)/t38-,39-,41?,44-,58?;20-,21-,23?,26-,39?;12-,13-,15?,18-,30?/m111/s1. The van der Waals surface area contributed by atoms with Crippen LogP contribution in [0.3, 0.4) is 0 Å². The Morgan fingerprint density at radius 1 is 0.386 bits per heavy atom. The number of nitrogens with zero attached hydrogens (tertiary/aromatic N) is 12. The zero-order chi connectivity index (χ0) is 88.7. The van der Waals surface area contributed by atoms with Gasteiger partial charge in [0.25, 0.3) is 0 Å². The number of alkyl halides is 3. The van der Waals surface area contributed by atoms with Gasteiger partial charge in [-0.05, 0) is 68.8 Å². The van der Waals surface area contributed by atoms with Crippen LogP contribution in [0.2, 0.25) is 0 Å². The molecule has 3 fully saturated rings. The number of imidazole rings is 3. The number of nitrogens with two attached hydrogens (primary N) is 2. The molecule has 8 aromatic carbocycles. The first-order valence-corrected chi connectivity index (χ1v) is 46.3. The number of rotatable bonds is 34. The highest BCUT2D eigenvalue weighted by molar-refractivity contribution is 7.53. The minimum absolute atomic E-state index is 0.0760. The third-order valence-corrected chi connectivity index (χ3v) is 24.9. The number of aromatic nitrogens is 12. The molecule has 0 saturated carbocycles. The molecule has 6 aromatic heterocycles. The topological polar surface area (TPSA) is 386 Å². The average molecular weight is 1790 g/mol. The fourth-order valence-corrected chi connectivity index (χ4v) is 17.2. The van der Waals surface area contributed by atoms with Gasteiger partial charge in [-0.1, -0.05) is 206 Å². The Bertz CT molecular complexity index is 5970. The van der Waals surface area contributed by atoms with Crippen LogP contribution in [-0.4, -0.2) is 173 Å². The van der Waals surface area contributed by atoms with Crippen molar-refractivity contribution in [3.63, 3.8) is 0 Å². The molecule has 17 rings (SSSR count). The molecule has 38 heteroatoms. The number of aliphatic hydroxyl groups is 1. The van der Waals surface area contributed by atoms with Crippen molar-refractivity contribution in [2.75, 3.05) is 70.8 Å². The summed E-state index contributed by atoms with van der Waals surface area (Å²) in [7, 11) is -7.40. The lowest BCUT2D eigenvalue weighted by molar-refractivity contribution is -0.0733. The lowest BCUT2D eigenvalue weighted by Gasteiger charge is -2.37. The van der Waals surface area contributed by atoms with Crippen molar-refractivity contribution < 1.29 is 92.3 Å². The predicted octanol–water partition coefficient (Wildman–Crippen LogP) is 15.5. The van der Waals surface area contributed by atoms with Crippen LogP contribution in [0.5, 0.6) is 11.5 Å². The second kappa shape index (κ2) is 41.0. The summed E-state index contributed by atoms with van der Waals surface area (Å²) in [5, 5.41) is 14.1. The van der Waals surface area contributed by atoms with E-state index < -0.39 is 102 Å². The van der Waals surface area contributed by atoms with Gasteiger partial charge >= 0.3 is 22.8 Å². The molecule has 0 radical (unpaired) electrons. The summed E-state index contributed by atoms with van der Waals surface area (Å²) in [5.41, 5.74) is 20.0. The molecule has 3 aliphatic rings. The number of benzene rings is 8. The van der Waals surface area contributed by atoms with Gasteiger partial charge in [0, 0.05) is 20.0 Å². The van der Waals surface area contributed by atoms with E-state index in [0.717, 1.165) is 44.5 Å². The first-order valence-electron chi connectivity index (χ1n) is 40.3. The molecule has 9 heterocycles. The van der Waals surface area contributed by atoms with Crippen LogP contribution in [-0.2, 0) is 103 Å². The molecule has 15 atom stereocenters. The summed E-state index contributed by atoms with van der Waals surface area (Å²) in [5.74, 6) is 2.18. The normalized spacial score (nSPS) is 21.9. The summed E-state index contributed by atoms with van der Waals surface area (Å²) in [6.45, 7) is 3.44. The lowest BCUT2D eigenvalue weighted by atomic mass is 9.77. The molecule has 14 aromatic rings. The van der Waals surface area contributed by atoms with Gasteiger partial charge in [-0.2, -0.15) is 0 Å². The van der Waals surface area contributed by atoms with Gasteiger partial charge in [-0.15, -0.1) is 0 Å². The SMILES string of the molecule is COc1ccc(COC2[C@H](n3cnc4c(N)ncnc43)O[C@H](COP(C)(=O)OCc3ccccc3)[C@H]2F)cc1.COc1ccc(COC2[C@H](n3cnc4c(NC(c5ccccc5)(c5ccccc5)c5ccccc5)ncnc43)O[C@H](COP(C)(=O)OCc3ccccc3)[C@H]2F)cc1.CP(=O)(OCc1ccccc1)OC[C@H]1O[C@@H](n2cnc3c(N)ncnc32)C(O)[C@@H]1F. The Morgan fingerprint density at radius 3 is 1.06 bits per heavy atom. The van der Waals surface area contributed by atoms with Crippen molar-refractivity contribution in [3.8, 4) is 11.5 Å². The second-order valence-corrected chi connectivity index (χ2v) is 36.1. The van der Waals surface area contributed by atoms with Gasteiger partial charge in [0.1, 0.15) is 83.7 Å². The van der Waals surface area contributed by atoms with Gasteiger partial charge in [0.05, 0.1) is 86.1 Å². The van der Waals surface area contributed by atoms with Crippen LogP contribution < -0.4 is 26.3 Å². The number of fused-ring (bicyclic) bond motifs is 3. The number of nitrogen functional groups attached to an aromatic ring is 2. The Morgan fingerprint density at radius 2 is 0.693 bits per heavy atom. The van der Waals surface area contributed by atoms with Crippen molar-refractivity contribution in [2.24, 2.45) is 0 Å². The molecule has 3 aliphatic heterocycles. The van der Waals surface area contributed by atoms with Crippen molar-refractivity contribution in [1.29, 1.82) is 0 Å². The fraction of sp³-hybridized carbons (Fsp3) is 0.292. The van der Waals surface area contributed by atoms with Gasteiger partial charge in [-0.25, -0.2) is 58.0 Å². The third-order valence-electron chi connectivity index (χ3n) is 21.2. The molecule has 127 heavy (non-hydrogen) atoms. The number of nitrogens with one attached hydrogen (secondary N) is 1. The van der Waals surface area contributed by atoms with Crippen LogP contribution in [0.25, 0.3) is 33.5 Å². The van der Waals surface area contributed by atoms with Crippen molar-refractivity contribution in [2.45, 2.75) is 112 Å². The maximum Gasteiger partial charge on any atom is 0.328 e. The van der Waals surface area contributed by atoms with E-state index in [2.05, 4.69) is 76.6 Å². The van der Waals surface area contributed by atoms with E-state index in [0.29, 0.717) is 50.8 Å². The minimum Gasteiger partial charge on any atom is -0.497 e. The number of halogens is 3. The highest BCUT2D eigenvalue weighted by Crippen LogP contribution is 2.51. The summed E-state index contributed by atoms with van der Waals surface area (Å²) >= 11 is 0. The first kappa shape index (κ1) is 90.2. The van der Waals surface area contributed by atoms with Crippen LogP contribution in [0, 0.1) is 0 Å². The van der Waals surface area contributed by atoms with Crippen LogP contribution in [0.4, 0.5) is 30.6 Å². The molecule has 6 N–H and O–H groups in total. The molecule has 0 spiro atoms. The van der Waals surface area contributed by atoms with Crippen LogP contribution in [0.1, 0.15) is 63.2 Å². The van der Waals surface area contributed by atoms with Crippen LogP contribution >= 0.6 is 22.8 Å². The second-order valence-electron chi connectivity index (χ2n) is 29.9. The van der Waals surface area contributed by atoms with E-state index >= 15 is 8.78 Å². The number of anilines is 3. The number of hydrogen-bond donors (Lipinski definition) is 4. The summed E-state index contributed by atoms with van der Waals surface area (Å²) in [4.78, 5) is 38.6. The summed E-state index contributed by atoms with van der Waals surface area (Å²) in [6.07, 6.45) is -6.95. The molecule has 662 valence electrons. The highest BCUT2D eigenvalue weighted by Gasteiger charge is 2.51. The quantitative estimate of drug-likeness (QED) is 0.0215. The van der Waals surface area contributed by atoms with Gasteiger partial charge in [0.2, 0.25) is 0 Å². The summed E-state index contributed by atoms with van der Waals surface area (Å²) in [6, 6.07) is 72.8. The number of ether oxygens (including phenoxy) is 7. The molecule has 6 unspecified atom stereocenters. The van der Waals surface area contributed by atoms with E-state index in [1.165, 1.54) is 56.2 Å². The Kier molecular flexibility index (Phi) is 29.1. The minimum atomic E-state index is -3.60. The molecule has 0 amide bonds. The molecule has 0 bridgehead atoms. The lowest BCUT2D eigenvalue weighted by Crippen LogP contribution is -2.38. The number of methoxy groups -OCH3 is 2. The van der Waals surface area contributed by atoms with Crippen LogP contribution in [0.15, 0.2) is 268 Å². The number of aliphatic hydroxyl groups excluding tert-OH is 1. The van der Waals surface area contributed by atoms with Gasteiger partial charge < -0.3 is 82.2 Å². The maximum atomic E-state index is 16.6. The van der Waals surface area contributed by atoms with E-state index in [-0.39, 0.29) is 64.5 Å². The summed E-state index contributed by atoms with van der Waals surface area (Å²) < 4.78 is 165. The first-order chi connectivity index (χ1) is 61.5. The molecule has 3 saturated heterocycles. The zero-order valence-electron chi connectivity index (χ0n) is 69.5. The molecular weight excluding hydrogens is 1700 g/mol. The Balaban J connectivity index is 0.000000156.